The van der Waals surface area contributed by atoms with E-state index in [0.717, 1.165) is 22.5 Å². The van der Waals surface area contributed by atoms with Gasteiger partial charge in [0.15, 0.2) is 0 Å². The number of benzene rings is 1. The van der Waals surface area contributed by atoms with Gasteiger partial charge in [0.1, 0.15) is 10.6 Å². The zero-order chi connectivity index (χ0) is 18.1. The summed E-state index contributed by atoms with van der Waals surface area (Å²) < 4.78 is 67.7. The summed E-state index contributed by atoms with van der Waals surface area (Å²) in [4.78, 5) is 1.13. The number of hydrogen-bond donors (Lipinski definition) is 2. The van der Waals surface area contributed by atoms with Crippen LogP contribution in [-0.4, -0.2) is 74.4 Å². The van der Waals surface area contributed by atoms with E-state index in [1.165, 1.54) is 0 Å². The maximum absolute atomic E-state index is 12.7. The van der Waals surface area contributed by atoms with E-state index in [-0.39, 0.29) is 18.6 Å². The van der Waals surface area contributed by atoms with Crippen LogP contribution in [0.5, 0.6) is 5.75 Å². The first-order valence-corrected chi connectivity index (χ1v) is 8.39. The number of nitrogens with zero attached hydrogens (tertiary/aromatic N) is 2. The Labute approximate surface area is 137 Å². The van der Waals surface area contributed by atoms with E-state index < -0.39 is 34.1 Å². The first-order chi connectivity index (χ1) is 11.0. The van der Waals surface area contributed by atoms with Gasteiger partial charge in [0.2, 0.25) is 10.0 Å². The summed E-state index contributed by atoms with van der Waals surface area (Å²) >= 11 is 0. The predicted molar refractivity (Wildman–Crippen MR) is 79.2 cm³/mol. The van der Waals surface area contributed by atoms with Crippen molar-refractivity contribution in [2.75, 3.05) is 33.2 Å². The molecule has 1 heterocycles. The summed E-state index contributed by atoms with van der Waals surface area (Å²) in [6.45, 7) is 1.07. The Bertz CT molecular complexity index is 690. The molecule has 12 heteroatoms. The van der Waals surface area contributed by atoms with Gasteiger partial charge in [-0.05, 0) is 24.6 Å². The third kappa shape index (κ3) is 4.39. The molecule has 0 radical (unpaired) electrons. The van der Waals surface area contributed by atoms with Crippen molar-refractivity contribution in [3.8, 4) is 5.75 Å². The molecule has 0 amide bonds. The normalized spacial score (nSPS) is 17.8. The van der Waals surface area contributed by atoms with Crippen LogP contribution in [0.1, 0.15) is 0 Å². The summed E-state index contributed by atoms with van der Waals surface area (Å²) in [6, 6.07) is 2.49. The third-order valence-corrected chi connectivity index (χ3v) is 5.49. The molecule has 1 fully saturated rings. The van der Waals surface area contributed by atoms with Crippen molar-refractivity contribution in [2.24, 2.45) is 0 Å². The number of sulfonamides is 1. The summed E-state index contributed by atoms with van der Waals surface area (Å²) in [6.07, 6.45) is -5.08. The van der Waals surface area contributed by atoms with Gasteiger partial charge < -0.3 is 19.7 Å². The lowest BCUT2D eigenvalue weighted by atomic mass is 9.80. The SMILES string of the molecule is CN1CCN(S(=O)(=O)c2cc(B(O)O)ccc2OC(F)(F)F)CC1. The lowest BCUT2D eigenvalue weighted by Crippen LogP contribution is -2.47. The van der Waals surface area contributed by atoms with Crippen molar-refractivity contribution < 1.29 is 36.4 Å². The summed E-state index contributed by atoms with van der Waals surface area (Å²) in [5.41, 5.74) is -0.253. The van der Waals surface area contributed by atoms with E-state index in [0.29, 0.717) is 13.1 Å². The molecule has 1 aromatic carbocycles. The lowest BCUT2D eigenvalue weighted by Gasteiger charge is -2.32. The van der Waals surface area contributed by atoms with Gasteiger partial charge in [-0.25, -0.2) is 8.42 Å². The number of alkyl halides is 3. The van der Waals surface area contributed by atoms with Gasteiger partial charge in [-0.2, -0.15) is 4.31 Å². The molecule has 1 saturated heterocycles. The average molecular weight is 368 g/mol. The molecular formula is C12H16BF3N2O5S. The molecule has 7 nitrogen and oxygen atoms in total. The molecule has 0 spiro atoms. The largest absolute Gasteiger partial charge is 0.573 e. The molecule has 0 aromatic heterocycles. The second-order valence-electron chi connectivity index (χ2n) is 5.34. The fraction of sp³-hybridized carbons (Fsp3) is 0.500. The summed E-state index contributed by atoms with van der Waals surface area (Å²) in [5, 5.41) is 18.3. The number of halogens is 3. The molecule has 2 rings (SSSR count). The maximum atomic E-state index is 12.7. The number of rotatable bonds is 4. The molecule has 0 atom stereocenters. The average Bonchev–Trinajstić information content (AvgIpc) is 2.46. The van der Waals surface area contributed by atoms with Crippen molar-refractivity contribution in [1.82, 2.24) is 9.21 Å². The minimum absolute atomic E-state index is 0.107. The second kappa shape index (κ2) is 6.88. The van der Waals surface area contributed by atoms with Crippen LogP contribution >= 0.6 is 0 Å². The van der Waals surface area contributed by atoms with Crippen LogP contribution in [-0.2, 0) is 10.0 Å². The Hall–Kier alpha value is -1.34. The molecule has 1 aliphatic heterocycles. The predicted octanol–water partition coefficient (Wildman–Crippen LogP) is -0.799. The van der Waals surface area contributed by atoms with Crippen molar-refractivity contribution in [2.45, 2.75) is 11.3 Å². The molecule has 0 bridgehead atoms. The molecule has 24 heavy (non-hydrogen) atoms. The van der Waals surface area contributed by atoms with Crippen LogP contribution in [0.2, 0.25) is 0 Å². The Morgan fingerprint density at radius 1 is 1.17 bits per heavy atom. The maximum Gasteiger partial charge on any atom is 0.573 e. The van der Waals surface area contributed by atoms with Gasteiger partial charge >= 0.3 is 13.5 Å². The van der Waals surface area contributed by atoms with Gasteiger partial charge in [-0.1, -0.05) is 6.07 Å². The van der Waals surface area contributed by atoms with Gasteiger partial charge in [0, 0.05) is 26.2 Å². The van der Waals surface area contributed by atoms with E-state index in [1.54, 1.807) is 7.05 Å². The fourth-order valence-electron chi connectivity index (χ4n) is 2.26. The van der Waals surface area contributed by atoms with E-state index in [9.17, 15) is 21.6 Å². The number of ether oxygens (including phenoxy) is 1. The van der Waals surface area contributed by atoms with Crippen LogP contribution in [0, 0.1) is 0 Å². The van der Waals surface area contributed by atoms with Crippen LogP contribution in [0.3, 0.4) is 0 Å². The van der Waals surface area contributed by atoms with Crippen molar-refractivity contribution in [1.29, 1.82) is 0 Å². The zero-order valence-electron chi connectivity index (χ0n) is 12.7. The monoisotopic (exact) mass is 368 g/mol. The Kier molecular flexibility index (Phi) is 5.45. The van der Waals surface area contributed by atoms with E-state index in [1.807, 2.05) is 4.90 Å². The highest BCUT2D eigenvalue weighted by Gasteiger charge is 2.37. The van der Waals surface area contributed by atoms with Crippen molar-refractivity contribution in [3.63, 3.8) is 0 Å². The highest BCUT2D eigenvalue weighted by molar-refractivity contribution is 7.89. The Morgan fingerprint density at radius 3 is 2.25 bits per heavy atom. The molecule has 2 N–H and O–H groups in total. The Balaban J connectivity index is 2.46. The van der Waals surface area contributed by atoms with Gasteiger partial charge in [0.25, 0.3) is 0 Å². The van der Waals surface area contributed by atoms with Gasteiger partial charge in [-0.3, -0.25) is 0 Å². The van der Waals surface area contributed by atoms with Crippen LogP contribution in [0.25, 0.3) is 0 Å². The minimum Gasteiger partial charge on any atom is -0.423 e. The fourth-order valence-corrected chi connectivity index (χ4v) is 3.83. The first kappa shape index (κ1) is 19.0. The minimum atomic E-state index is -5.08. The quantitative estimate of drug-likeness (QED) is 0.677. The van der Waals surface area contributed by atoms with E-state index in [4.69, 9.17) is 10.0 Å². The molecule has 134 valence electrons. The number of piperazine rings is 1. The number of likely N-dealkylation sites (N-methyl/N-ethyl adjacent to an activating group) is 1. The zero-order valence-corrected chi connectivity index (χ0v) is 13.5. The highest BCUT2D eigenvalue weighted by Crippen LogP contribution is 2.31. The van der Waals surface area contributed by atoms with Gasteiger partial charge in [0.05, 0.1) is 0 Å². The van der Waals surface area contributed by atoms with Crippen molar-refractivity contribution in [3.05, 3.63) is 18.2 Å². The highest BCUT2D eigenvalue weighted by atomic mass is 32.2. The molecule has 0 saturated carbocycles. The topological polar surface area (TPSA) is 90.3 Å². The molecule has 0 aliphatic carbocycles. The van der Waals surface area contributed by atoms with E-state index in [2.05, 4.69) is 4.74 Å². The summed E-state index contributed by atoms with van der Waals surface area (Å²) in [5.74, 6) is -0.911. The molecule has 1 aliphatic rings. The second-order valence-corrected chi connectivity index (χ2v) is 7.24. The van der Waals surface area contributed by atoms with Crippen LogP contribution < -0.4 is 10.2 Å². The lowest BCUT2D eigenvalue weighted by molar-refractivity contribution is -0.275. The molecule has 1 aromatic rings. The molecular weight excluding hydrogens is 352 g/mol. The van der Waals surface area contributed by atoms with Crippen LogP contribution in [0.4, 0.5) is 13.2 Å². The Morgan fingerprint density at radius 2 is 1.75 bits per heavy atom. The smallest absolute Gasteiger partial charge is 0.423 e. The number of hydrogen-bond acceptors (Lipinski definition) is 6. The van der Waals surface area contributed by atoms with E-state index >= 15 is 0 Å². The molecule has 0 unspecified atom stereocenters. The van der Waals surface area contributed by atoms with Crippen molar-refractivity contribution >= 4 is 22.6 Å². The summed E-state index contributed by atoms with van der Waals surface area (Å²) in [7, 11) is -4.51. The van der Waals surface area contributed by atoms with Crippen LogP contribution in [0.15, 0.2) is 23.1 Å². The third-order valence-electron chi connectivity index (χ3n) is 3.57. The standard InChI is InChI=1S/C12H16BF3N2O5S/c1-17-4-6-18(7-5-17)24(21,22)11-8-9(13(19)20)2-3-10(11)23-12(14,15)16/h2-3,8,19-20H,4-7H2,1H3. The first-order valence-electron chi connectivity index (χ1n) is 6.95. The van der Waals surface area contributed by atoms with Gasteiger partial charge in [-0.15, -0.1) is 13.2 Å².